The van der Waals surface area contributed by atoms with E-state index in [4.69, 9.17) is 0 Å². The second-order valence-electron chi connectivity index (χ2n) is 3.75. The molecule has 0 bridgehead atoms. The maximum absolute atomic E-state index is 11.5. The number of carbonyl (C=O) groups is 1. The van der Waals surface area contributed by atoms with Crippen molar-refractivity contribution in [1.82, 2.24) is 9.88 Å². The molecule has 1 atom stereocenters. The van der Waals surface area contributed by atoms with Crippen LogP contribution < -0.4 is 0 Å². The molecule has 0 saturated carbocycles. The van der Waals surface area contributed by atoms with Crippen molar-refractivity contribution in [3.05, 3.63) is 30.1 Å². The standard InChI is InChI=1S/C11H13BrN2O/c12-10-6-11(15)14(8-10)5-3-9-2-1-4-13-7-9/h1-2,4,7,10H,3,5-6,8H2. The first-order valence-corrected chi connectivity index (χ1v) is 5.98. The molecule has 15 heavy (non-hydrogen) atoms. The highest BCUT2D eigenvalue weighted by molar-refractivity contribution is 9.09. The molecule has 2 rings (SSSR count). The number of nitrogens with zero attached hydrogens (tertiary/aromatic N) is 2. The number of hydrogen-bond acceptors (Lipinski definition) is 2. The molecule has 1 aromatic heterocycles. The van der Waals surface area contributed by atoms with Gasteiger partial charge in [-0.3, -0.25) is 9.78 Å². The highest BCUT2D eigenvalue weighted by atomic mass is 79.9. The van der Waals surface area contributed by atoms with Crippen LogP contribution in [0.4, 0.5) is 0 Å². The summed E-state index contributed by atoms with van der Waals surface area (Å²) in [6.45, 7) is 1.63. The number of aromatic nitrogens is 1. The predicted octanol–water partition coefficient (Wildman–Crippen LogP) is 1.62. The highest BCUT2D eigenvalue weighted by Crippen LogP contribution is 2.18. The van der Waals surface area contributed by atoms with Gasteiger partial charge in [-0.15, -0.1) is 0 Å². The van der Waals surface area contributed by atoms with E-state index in [-0.39, 0.29) is 5.91 Å². The molecule has 1 unspecified atom stereocenters. The molecule has 0 radical (unpaired) electrons. The van der Waals surface area contributed by atoms with E-state index >= 15 is 0 Å². The average molecular weight is 269 g/mol. The zero-order valence-electron chi connectivity index (χ0n) is 8.40. The van der Waals surface area contributed by atoms with E-state index in [1.165, 1.54) is 5.56 Å². The second kappa shape index (κ2) is 4.75. The minimum atomic E-state index is 0.251. The van der Waals surface area contributed by atoms with E-state index in [9.17, 15) is 4.79 Å². The summed E-state index contributed by atoms with van der Waals surface area (Å²) in [5.74, 6) is 0.251. The molecule has 1 aromatic rings. The lowest BCUT2D eigenvalue weighted by atomic mass is 10.2. The lowest BCUT2D eigenvalue weighted by molar-refractivity contribution is -0.127. The van der Waals surface area contributed by atoms with Gasteiger partial charge in [-0.25, -0.2) is 0 Å². The Hall–Kier alpha value is -0.900. The van der Waals surface area contributed by atoms with Gasteiger partial charge in [-0.1, -0.05) is 22.0 Å². The maximum atomic E-state index is 11.5. The van der Waals surface area contributed by atoms with Crippen LogP contribution in [0.15, 0.2) is 24.5 Å². The van der Waals surface area contributed by atoms with Crippen LogP contribution in [0, 0.1) is 0 Å². The van der Waals surface area contributed by atoms with Gasteiger partial charge in [0, 0.05) is 36.7 Å². The van der Waals surface area contributed by atoms with Crippen LogP contribution in [-0.4, -0.2) is 33.7 Å². The van der Waals surface area contributed by atoms with E-state index in [0.29, 0.717) is 11.2 Å². The number of alkyl halides is 1. The van der Waals surface area contributed by atoms with Gasteiger partial charge in [-0.05, 0) is 18.1 Å². The van der Waals surface area contributed by atoms with Crippen LogP contribution in [0.5, 0.6) is 0 Å². The van der Waals surface area contributed by atoms with Crippen LogP contribution >= 0.6 is 15.9 Å². The van der Waals surface area contributed by atoms with Crippen molar-refractivity contribution in [2.24, 2.45) is 0 Å². The minimum Gasteiger partial charge on any atom is -0.341 e. The summed E-state index contributed by atoms with van der Waals surface area (Å²) in [5, 5.41) is 0. The molecule has 1 aliphatic heterocycles. The fraction of sp³-hybridized carbons (Fsp3) is 0.455. The number of rotatable bonds is 3. The molecular weight excluding hydrogens is 256 g/mol. The summed E-state index contributed by atoms with van der Waals surface area (Å²) in [6, 6.07) is 3.97. The van der Waals surface area contributed by atoms with Crippen molar-refractivity contribution in [3.63, 3.8) is 0 Å². The Kier molecular flexibility index (Phi) is 3.36. The highest BCUT2D eigenvalue weighted by Gasteiger charge is 2.26. The lowest BCUT2D eigenvalue weighted by Crippen LogP contribution is -2.27. The molecule has 80 valence electrons. The van der Waals surface area contributed by atoms with Crippen LogP contribution in [0.25, 0.3) is 0 Å². The molecule has 3 nitrogen and oxygen atoms in total. The van der Waals surface area contributed by atoms with Crippen molar-refractivity contribution < 1.29 is 4.79 Å². The number of carbonyl (C=O) groups excluding carboxylic acids is 1. The third-order valence-electron chi connectivity index (χ3n) is 2.56. The van der Waals surface area contributed by atoms with Crippen LogP contribution in [0.1, 0.15) is 12.0 Å². The third kappa shape index (κ3) is 2.78. The lowest BCUT2D eigenvalue weighted by Gasteiger charge is -2.15. The summed E-state index contributed by atoms with van der Waals surface area (Å²) in [7, 11) is 0. The fourth-order valence-electron chi connectivity index (χ4n) is 1.75. The van der Waals surface area contributed by atoms with Crippen molar-refractivity contribution >= 4 is 21.8 Å². The van der Waals surface area contributed by atoms with Gasteiger partial charge in [-0.2, -0.15) is 0 Å². The van der Waals surface area contributed by atoms with Gasteiger partial charge in [0.1, 0.15) is 0 Å². The Morgan fingerprint density at radius 1 is 1.60 bits per heavy atom. The molecule has 1 saturated heterocycles. The van der Waals surface area contributed by atoms with E-state index in [0.717, 1.165) is 19.5 Å². The molecule has 4 heteroatoms. The number of likely N-dealkylation sites (tertiary alicyclic amines) is 1. The molecule has 1 fully saturated rings. The van der Waals surface area contributed by atoms with E-state index in [1.54, 1.807) is 6.20 Å². The van der Waals surface area contributed by atoms with Crippen molar-refractivity contribution in [1.29, 1.82) is 0 Å². The number of pyridine rings is 1. The summed E-state index contributed by atoms with van der Waals surface area (Å²) in [6.07, 6.45) is 5.14. The Labute approximate surface area is 97.6 Å². The summed E-state index contributed by atoms with van der Waals surface area (Å²) in [5.41, 5.74) is 1.18. The topological polar surface area (TPSA) is 33.2 Å². The molecule has 1 aliphatic rings. The SMILES string of the molecule is O=C1CC(Br)CN1CCc1cccnc1. The first-order valence-electron chi connectivity index (χ1n) is 5.06. The summed E-state index contributed by atoms with van der Waals surface area (Å²) >= 11 is 3.47. The normalized spacial score (nSPS) is 21.0. The van der Waals surface area contributed by atoms with Gasteiger partial charge >= 0.3 is 0 Å². The largest absolute Gasteiger partial charge is 0.341 e. The monoisotopic (exact) mass is 268 g/mol. The quantitative estimate of drug-likeness (QED) is 0.781. The van der Waals surface area contributed by atoms with Crippen LogP contribution in [-0.2, 0) is 11.2 Å². The molecule has 2 heterocycles. The molecule has 0 spiro atoms. The van der Waals surface area contributed by atoms with E-state index in [2.05, 4.69) is 20.9 Å². The van der Waals surface area contributed by atoms with Gasteiger partial charge in [0.2, 0.25) is 5.91 Å². The maximum Gasteiger partial charge on any atom is 0.223 e. The van der Waals surface area contributed by atoms with Crippen LogP contribution in [0.2, 0.25) is 0 Å². The van der Waals surface area contributed by atoms with Crippen molar-refractivity contribution in [2.45, 2.75) is 17.7 Å². The molecule has 0 aromatic carbocycles. The Morgan fingerprint density at radius 3 is 3.07 bits per heavy atom. The van der Waals surface area contributed by atoms with E-state index < -0.39 is 0 Å². The summed E-state index contributed by atoms with van der Waals surface area (Å²) in [4.78, 5) is 17.8. The minimum absolute atomic E-state index is 0.251. The summed E-state index contributed by atoms with van der Waals surface area (Å²) < 4.78 is 0. The number of amides is 1. The first-order chi connectivity index (χ1) is 7.25. The zero-order valence-corrected chi connectivity index (χ0v) is 9.98. The second-order valence-corrected chi connectivity index (χ2v) is 5.05. The molecular formula is C11H13BrN2O. The third-order valence-corrected chi connectivity index (χ3v) is 3.17. The van der Waals surface area contributed by atoms with Crippen molar-refractivity contribution in [2.75, 3.05) is 13.1 Å². The zero-order chi connectivity index (χ0) is 10.7. The van der Waals surface area contributed by atoms with Gasteiger partial charge < -0.3 is 4.90 Å². The average Bonchev–Trinajstić information content (AvgIpc) is 2.56. The molecule has 1 amide bonds. The van der Waals surface area contributed by atoms with E-state index in [1.807, 2.05) is 23.2 Å². The number of hydrogen-bond donors (Lipinski definition) is 0. The Balaban J connectivity index is 1.86. The van der Waals surface area contributed by atoms with Gasteiger partial charge in [0.25, 0.3) is 0 Å². The predicted molar refractivity (Wildman–Crippen MR) is 61.9 cm³/mol. The smallest absolute Gasteiger partial charge is 0.223 e. The fourth-order valence-corrected chi connectivity index (χ4v) is 2.38. The van der Waals surface area contributed by atoms with Gasteiger partial charge in [0.05, 0.1) is 0 Å². The van der Waals surface area contributed by atoms with Gasteiger partial charge in [0.15, 0.2) is 0 Å². The number of halogens is 1. The van der Waals surface area contributed by atoms with Crippen molar-refractivity contribution in [3.8, 4) is 0 Å². The Morgan fingerprint density at radius 2 is 2.47 bits per heavy atom. The molecule has 0 N–H and O–H groups in total. The first kappa shape index (κ1) is 10.6. The van der Waals surface area contributed by atoms with Crippen LogP contribution in [0.3, 0.4) is 0 Å². The Bertz CT molecular complexity index is 342. The molecule has 0 aliphatic carbocycles.